The summed E-state index contributed by atoms with van der Waals surface area (Å²) < 4.78 is 18.3. The van der Waals surface area contributed by atoms with E-state index < -0.39 is 0 Å². The number of nitrogens with one attached hydrogen (secondary N) is 1. The Balaban J connectivity index is 1.90. The molecule has 108 valence electrons. The fourth-order valence-corrected chi connectivity index (χ4v) is 2.30. The Morgan fingerprint density at radius 3 is 2.65 bits per heavy atom. The van der Waals surface area contributed by atoms with Gasteiger partial charge in [0, 0.05) is 12.5 Å². The standard InChI is InChI=1S/C17H22FNO/c1-2-11-19-16(9-10-17-4-3-12-20-17)13-14-5-7-15(18)8-6-14/h3-8,12,16,19H,2,9-11,13H2,1H3. The van der Waals surface area contributed by atoms with Gasteiger partial charge in [-0.1, -0.05) is 19.1 Å². The van der Waals surface area contributed by atoms with Gasteiger partial charge in [0.15, 0.2) is 0 Å². The van der Waals surface area contributed by atoms with Gasteiger partial charge in [0.25, 0.3) is 0 Å². The smallest absolute Gasteiger partial charge is 0.123 e. The molecule has 0 fully saturated rings. The molecule has 2 rings (SSSR count). The molecule has 0 bridgehead atoms. The average Bonchev–Trinajstić information content (AvgIpc) is 2.97. The highest BCUT2D eigenvalue weighted by Gasteiger charge is 2.10. The second-order valence-electron chi connectivity index (χ2n) is 5.10. The zero-order valence-corrected chi connectivity index (χ0v) is 11.9. The first-order chi connectivity index (χ1) is 9.78. The van der Waals surface area contributed by atoms with Crippen LogP contribution < -0.4 is 5.32 Å². The maximum Gasteiger partial charge on any atom is 0.123 e. The molecule has 0 radical (unpaired) electrons. The van der Waals surface area contributed by atoms with Crippen LogP contribution in [0.5, 0.6) is 0 Å². The second-order valence-corrected chi connectivity index (χ2v) is 5.10. The van der Waals surface area contributed by atoms with Crippen LogP contribution >= 0.6 is 0 Å². The molecule has 1 N–H and O–H groups in total. The normalized spacial score (nSPS) is 12.5. The van der Waals surface area contributed by atoms with Gasteiger partial charge in [-0.2, -0.15) is 0 Å². The number of halogens is 1. The lowest BCUT2D eigenvalue weighted by Gasteiger charge is -2.18. The van der Waals surface area contributed by atoms with Crippen LogP contribution in [-0.2, 0) is 12.8 Å². The topological polar surface area (TPSA) is 25.2 Å². The molecule has 0 aliphatic heterocycles. The predicted molar refractivity (Wildman–Crippen MR) is 79.2 cm³/mol. The van der Waals surface area contributed by atoms with E-state index in [1.54, 1.807) is 6.26 Å². The van der Waals surface area contributed by atoms with E-state index in [0.717, 1.165) is 38.0 Å². The molecule has 1 aromatic carbocycles. The van der Waals surface area contributed by atoms with E-state index in [2.05, 4.69) is 12.2 Å². The highest BCUT2D eigenvalue weighted by Crippen LogP contribution is 2.11. The minimum atomic E-state index is -0.178. The van der Waals surface area contributed by atoms with Gasteiger partial charge in [-0.3, -0.25) is 0 Å². The average molecular weight is 275 g/mol. The minimum absolute atomic E-state index is 0.178. The molecule has 1 atom stereocenters. The SMILES string of the molecule is CCCNC(CCc1ccco1)Cc1ccc(F)cc1. The summed E-state index contributed by atoms with van der Waals surface area (Å²) in [5.74, 6) is 0.842. The van der Waals surface area contributed by atoms with Crippen LogP contribution in [0, 0.1) is 5.82 Å². The summed E-state index contributed by atoms with van der Waals surface area (Å²) in [6, 6.07) is 11.1. The van der Waals surface area contributed by atoms with Crippen molar-refractivity contribution in [3.05, 3.63) is 59.8 Å². The third-order valence-corrected chi connectivity index (χ3v) is 3.40. The summed E-state index contributed by atoms with van der Waals surface area (Å²) in [7, 11) is 0. The minimum Gasteiger partial charge on any atom is -0.469 e. The lowest BCUT2D eigenvalue weighted by atomic mass is 10.0. The highest BCUT2D eigenvalue weighted by atomic mass is 19.1. The molecule has 0 saturated heterocycles. The summed E-state index contributed by atoms with van der Waals surface area (Å²) in [5.41, 5.74) is 1.17. The van der Waals surface area contributed by atoms with Crippen molar-refractivity contribution < 1.29 is 8.81 Å². The maximum atomic E-state index is 12.9. The second kappa shape index (κ2) is 7.85. The number of aryl methyl sites for hydroxylation is 1. The van der Waals surface area contributed by atoms with Gasteiger partial charge >= 0.3 is 0 Å². The third kappa shape index (κ3) is 4.82. The van der Waals surface area contributed by atoms with Crippen LogP contribution in [0.4, 0.5) is 4.39 Å². The first-order valence-electron chi connectivity index (χ1n) is 7.28. The molecule has 3 heteroatoms. The van der Waals surface area contributed by atoms with Gasteiger partial charge in [0.1, 0.15) is 11.6 Å². The molecule has 1 aromatic heterocycles. The Labute approximate surface area is 120 Å². The molecule has 0 aliphatic carbocycles. The molecule has 1 unspecified atom stereocenters. The first kappa shape index (κ1) is 14.8. The summed E-state index contributed by atoms with van der Waals surface area (Å²) in [6.45, 7) is 3.17. The van der Waals surface area contributed by atoms with E-state index >= 15 is 0 Å². The summed E-state index contributed by atoms with van der Waals surface area (Å²) in [5, 5.41) is 3.56. The van der Waals surface area contributed by atoms with Crippen LogP contribution in [0.3, 0.4) is 0 Å². The van der Waals surface area contributed by atoms with Crippen molar-refractivity contribution in [3.8, 4) is 0 Å². The molecular weight excluding hydrogens is 253 g/mol. The number of rotatable bonds is 8. The van der Waals surface area contributed by atoms with E-state index in [1.807, 2.05) is 24.3 Å². The Morgan fingerprint density at radius 1 is 1.20 bits per heavy atom. The van der Waals surface area contributed by atoms with Gasteiger partial charge < -0.3 is 9.73 Å². The first-order valence-corrected chi connectivity index (χ1v) is 7.28. The van der Waals surface area contributed by atoms with Crippen molar-refractivity contribution in [2.24, 2.45) is 0 Å². The highest BCUT2D eigenvalue weighted by molar-refractivity contribution is 5.17. The van der Waals surface area contributed by atoms with Crippen molar-refractivity contribution in [1.82, 2.24) is 5.32 Å². The molecule has 0 aliphatic rings. The molecule has 0 saturated carbocycles. The Hall–Kier alpha value is -1.61. The van der Waals surface area contributed by atoms with Gasteiger partial charge in [-0.05, 0) is 55.6 Å². The van der Waals surface area contributed by atoms with Gasteiger partial charge in [-0.15, -0.1) is 0 Å². The number of hydrogen-bond acceptors (Lipinski definition) is 2. The summed E-state index contributed by atoms with van der Waals surface area (Å²) in [4.78, 5) is 0. The number of furan rings is 1. The van der Waals surface area contributed by atoms with Crippen LogP contribution in [0.1, 0.15) is 31.1 Å². The Kier molecular flexibility index (Phi) is 5.81. The fourth-order valence-electron chi connectivity index (χ4n) is 2.30. The summed E-state index contributed by atoms with van der Waals surface area (Å²) >= 11 is 0. The Morgan fingerprint density at radius 2 is 2.00 bits per heavy atom. The monoisotopic (exact) mass is 275 g/mol. The number of benzene rings is 1. The molecule has 0 amide bonds. The zero-order valence-electron chi connectivity index (χ0n) is 11.9. The quantitative estimate of drug-likeness (QED) is 0.788. The molecule has 20 heavy (non-hydrogen) atoms. The van der Waals surface area contributed by atoms with E-state index in [4.69, 9.17) is 4.42 Å². The van der Waals surface area contributed by atoms with Gasteiger partial charge in [0.05, 0.1) is 6.26 Å². The van der Waals surface area contributed by atoms with Crippen molar-refractivity contribution in [3.63, 3.8) is 0 Å². The third-order valence-electron chi connectivity index (χ3n) is 3.40. The lowest BCUT2D eigenvalue weighted by molar-refractivity contribution is 0.441. The largest absolute Gasteiger partial charge is 0.469 e. The number of hydrogen-bond donors (Lipinski definition) is 1. The van der Waals surface area contributed by atoms with Crippen LogP contribution in [0.25, 0.3) is 0 Å². The van der Waals surface area contributed by atoms with E-state index in [0.29, 0.717) is 6.04 Å². The Bertz CT molecular complexity index is 478. The van der Waals surface area contributed by atoms with Crippen LogP contribution in [0.2, 0.25) is 0 Å². The van der Waals surface area contributed by atoms with Crippen LogP contribution in [0.15, 0.2) is 47.1 Å². The lowest BCUT2D eigenvalue weighted by Crippen LogP contribution is -2.32. The van der Waals surface area contributed by atoms with Gasteiger partial charge in [-0.25, -0.2) is 4.39 Å². The zero-order chi connectivity index (χ0) is 14.2. The van der Waals surface area contributed by atoms with Crippen molar-refractivity contribution >= 4 is 0 Å². The molecule has 1 heterocycles. The van der Waals surface area contributed by atoms with Crippen molar-refractivity contribution in [2.75, 3.05) is 6.54 Å². The van der Waals surface area contributed by atoms with Gasteiger partial charge in [0.2, 0.25) is 0 Å². The van der Waals surface area contributed by atoms with Crippen LogP contribution in [-0.4, -0.2) is 12.6 Å². The molecular formula is C17H22FNO. The molecule has 2 aromatic rings. The molecule has 0 spiro atoms. The van der Waals surface area contributed by atoms with E-state index in [9.17, 15) is 4.39 Å². The van der Waals surface area contributed by atoms with E-state index in [1.165, 1.54) is 17.7 Å². The predicted octanol–water partition coefficient (Wildman–Crippen LogP) is 3.96. The van der Waals surface area contributed by atoms with Crippen molar-refractivity contribution in [2.45, 2.75) is 38.6 Å². The maximum absolute atomic E-state index is 12.9. The fraction of sp³-hybridized carbons (Fsp3) is 0.412. The molecule has 2 nitrogen and oxygen atoms in total. The van der Waals surface area contributed by atoms with E-state index in [-0.39, 0.29) is 5.82 Å². The summed E-state index contributed by atoms with van der Waals surface area (Å²) in [6.07, 6.45) is 5.69. The van der Waals surface area contributed by atoms with Crippen molar-refractivity contribution in [1.29, 1.82) is 0 Å².